The molecule has 0 bridgehead atoms. The molecular formula is C17H20FN3O. The molecule has 0 unspecified atom stereocenters. The van der Waals surface area contributed by atoms with Gasteiger partial charge in [0.2, 0.25) is 5.91 Å². The average molecular weight is 301 g/mol. The fourth-order valence-corrected chi connectivity index (χ4v) is 2.21. The van der Waals surface area contributed by atoms with Gasteiger partial charge < -0.3 is 10.6 Å². The molecule has 1 amide bonds. The molecule has 0 saturated carbocycles. The van der Waals surface area contributed by atoms with E-state index in [1.54, 1.807) is 19.2 Å². The molecule has 0 aliphatic rings. The summed E-state index contributed by atoms with van der Waals surface area (Å²) in [5.74, 6) is 0.133. The molecule has 0 fully saturated rings. The van der Waals surface area contributed by atoms with Gasteiger partial charge in [0, 0.05) is 30.1 Å². The summed E-state index contributed by atoms with van der Waals surface area (Å²) in [6.45, 7) is 5.23. The second-order valence-corrected chi connectivity index (χ2v) is 5.21. The number of amides is 1. The Bertz CT molecular complexity index is 686. The van der Waals surface area contributed by atoms with E-state index in [2.05, 4.69) is 22.5 Å². The van der Waals surface area contributed by atoms with Crippen molar-refractivity contribution < 1.29 is 9.18 Å². The van der Waals surface area contributed by atoms with Crippen molar-refractivity contribution in [2.45, 2.75) is 33.6 Å². The second kappa shape index (κ2) is 7.02. The number of benzene rings is 1. The fourth-order valence-electron chi connectivity index (χ4n) is 2.21. The maximum atomic E-state index is 13.7. The number of halogens is 1. The molecule has 0 radical (unpaired) electrons. The molecule has 1 aromatic heterocycles. The number of pyridine rings is 1. The Morgan fingerprint density at radius 2 is 2.09 bits per heavy atom. The van der Waals surface area contributed by atoms with Crippen molar-refractivity contribution in [2.75, 3.05) is 10.6 Å². The van der Waals surface area contributed by atoms with Gasteiger partial charge >= 0.3 is 0 Å². The van der Waals surface area contributed by atoms with Crippen LogP contribution in [-0.4, -0.2) is 10.9 Å². The number of aromatic nitrogens is 1. The summed E-state index contributed by atoms with van der Waals surface area (Å²) in [5.41, 5.74) is 3.01. The molecule has 5 heteroatoms. The largest absolute Gasteiger partial charge is 0.355 e. The summed E-state index contributed by atoms with van der Waals surface area (Å²) in [6, 6.07) is 6.84. The van der Waals surface area contributed by atoms with Crippen LogP contribution in [0.15, 0.2) is 30.5 Å². The van der Waals surface area contributed by atoms with E-state index in [4.69, 9.17) is 0 Å². The highest BCUT2D eigenvalue weighted by atomic mass is 19.1. The Labute approximate surface area is 129 Å². The van der Waals surface area contributed by atoms with E-state index in [9.17, 15) is 9.18 Å². The minimum Gasteiger partial charge on any atom is -0.355 e. The van der Waals surface area contributed by atoms with E-state index in [1.807, 2.05) is 12.1 Å². The Hall–Kier alpha value is -2.43. The maximum Gasteiger partial charge on any atom is 0.222 e. The fraction of sp³-hybridized carbons (Fsp3) is 0.294. The first-order valence-electron chi connectivity index (χ1n) is 7.30. The van der Waals surface area contributed by atoms with E-state index in [1.165, 1.54) is 13.0 Å². The van der Waals surface area contributed by atoms with Crippen LogP contribution in [0.4, 0.5) is 21.6 Å². The predicted molar refractivity (Wildman–Crippen MR) is 87.0 cm³/mol. The number of anilines is 3. The molecule has 22 heavy (non-hydrogen) atoms. The van der Waals surface area contributed by atoms with Crippen molar-refractivity contribution in [2.24, 2.45) is 0 Å². The quantitative estimate of drug-likeness (QED) is 0.871. The van der Waals surface area contributed by atoms with Crippen molar-refractivity contribution in [1.29, 1.82) is 0 Å². The Morgan fingerprint density at radius 1 is 1.32 bits per heavy atom. The lowest BCUT2D eigenvalue weighted by molar-refractivity contribution is -0.114. The van der Waals surface area contributed by atoms with Gasteiger partial charge in [0.25, 0.3) is 0 Å². The normalized spacial score (nSPS) is 10.4. The van der Waals surface area contributed by atoms with Crippen LogP contribution in [0, 0.1) is 12.7 Å². The summed E-state index contributed by atoms with van der Waals surface area (Å²) >= 11 is 0. The molecular weight excluding hydrogens is 281 g/mol. The van der Waals surface area contributed by atoms with Crippen LogP contribution in [0.2, 0.25) is 0 Å². The first-order valence-corrected chi connectivity index (χ1v) is 7.30. The first-order chi connectivity index (χ1) is 10.5. The highest BCUT2D eigenvalue weighted by Crippen LogP contribution is 2.27. The second-order valence-electron chi connectivity index (χ2n) is 5.21. The van der Waals surface area contributed by atoms with Crippen LogP contribution < -0.4 is 10.6 Å². The van der Waals surface area contributed by atoms with Gasteiger partial charge in [0.05, 0.1) is 0 Å². The summed E-state index contributed by atoms with van der Waals surface area (Å²) in [7, 11) is 0. The number of hydrogen-bond acceptors (Lipinski definition) is 3. The van der Waals surface area contributed by atoms with Gasteiger partial charge in [-0.1, -0.05) is 19.4 Å². The standard InChI is InChI=1S/C17H20FN3O/c1-4-5-14-16(8-9-19-17(14)20-12(3)22)21-13-7-6-11(2)15(18)10-13/h6-10H,4-5H2,1-3H3,(H2,19,20,21,22). The summed E-state index contributed by atoms with van der Waals surface area (Å²) in [5, 5.41) is 5.95. The van der Waals surface area contributed by atoms with Crippen molar-refractivity contribution >= 4 is 23.1 Å². The van der Waals surface area contributed by atoms with Crippen LogP contribution in [0.25, 0.3) is 0 Å². The molecule has 2 N–H and O–H groups in total. The number of rotatable bonds is 5. The van der Waals surface area contributed by atoms with E-state index < -0.39 is 0 Å². The van der Waals surface area contributed by atoms with Crippen LogP contribution in [0.5, 0.6) is 0 Å². The van der Waals surface area contributed by atoms with Gasteiger partial charge in [-0.3, -0.25) is 4.79 Å². The molecule has 1 aromatic carbocycles. The highest BCUT2D eigenvalue weighted by molar-refractivity contribution is 5.89. The molecule has 0 spiro atoms. The van der Waals surface area contributed by atoms with Gasteiger partial charge in [0.15, 0.2) is 0 Å². The number of hydrogen-bond donors (Lipinski definition) is 2. The Balaban J connectivity index is 2.36. The number of nitrogens with one attached hydrogen (secondary N) is 2. The van der Waals surface area contributed by atoms with Gasteiger partial charge in [0.1, 0.15) is 11.6 Å². The zero-order valence-corrected chi connectivity index (χ0v) is 13.0. The third-order valence-electron chi connectivity index (χ3n) is 3.30. The Morgan fingerprint density at radius 3 is 2.73 bits per heavy atom. The molecule has 0 atom stereocenters. The monoisotopic (exact) mass is 301 g/mol. The first kappa shape index (κ1) is 15.9. The third-order valence-corrected chi connectivity index (χ3v) is 3.30. The number of aryl methyl sites for hydroxylation is 1. The molecule has 4 nitrogen and oxygen atoms in total. The molecule has 0 aliphatic carbocycles. The van der Waals surface area contributed by atoms with Gasteiger partial charge in [-0.25, -0.2) is 9.37 Å². The zero-order chi connectivity index (χ0) is 16.1. The van der Waals surface area contributed by atoms with Crippen molar-refractivity contribution in [3.05, 3.63) is 47.4 Å². The van der Waals surface area contributed by atoms with Crippen molar-refractivity contribution in [1.82, 2.24) is 4.98 Å². The van der Waals surface area contributed by atoms with Crippen molar-refractivity contribution in [3.8, 4) is 0 Å². The SMILES string of the molecule is CCCc1c(Nc2ccc(C)c(F)c2)ccnc1NC(C)=O. The molecule has 0 saturated heterocycles. The van der Waals surface area contributed by atoms with Crippen molar-refractivity contribution in [3.63, 3.8) is 0 Å². The van der Waals surface area contributed by atoms with E-state index in [0.29, 0.717) is 17.1 Å². The summed E-state index contributed by atoms with van der Waals surface area (Å²) < 4.78 is 13.7. The molecule has 2 aromatic rings. The smallest absolute Gasteiger partial charge is 0.222 e. The van der Waals surface area contributed by atoms with Crippen LogP contribution in [-0.2, 0) is 11.2 Å². The average Bonchev–Trinajstić information content (AvgIpc) is 2.46. The van der Waals surface area contributed by atoms with Gasteiger partial charge in [-0.05, 0) is 37.1 Å². The third kappa shape index (κ3) is 3.81. The topological polar surface area (TPSA) is 54.0 Å². The molecule has 116 valence electrons. The summed E-state index contributed by atoms with van der Waals surface area (Å²) in [6.07, 6.45) is 3.30. The molecule has 0 aliphatic heterocycles. The Kier molecular flexibility index (Phi) is 5.09. The summed E-state index contributed by atoms with van der Waals surface area (Å²) in [4.78, 5) is 15.5. The van der Waals surface area contributed by atoms with Crippen LogP contribution in [0.3, 0.4) is 0 Å². The van der Waals surface area contributed by atoms with E-state index >= 15 is 0 Å². The number of nitrogens with zero attached hydrogens (tertiary/aromatic N) is 1. The van der Waals surface area contributed by atoms with E-state index in [0.717, 1.165) is 24.1 Å². The van der Waals surface area contributed by atoms with Gasteiger partial charge in [-0.2, -0.15) is 0 Å². The minimum absolute atomic E-state index is 0.164. The number of carbonyl (C=O) groups excluding carboxylic acids is 1. The minimum atomic E-state index is -0.252. The maximum absolute atomic E-state index is 13.7. The lowest BCUT2D eigenvalue weighted by Crippen LogP contribution is -2.11. The molecule has 1 heterocycles. The highest BCUT2D eigenvalue weighted by Gasteiger charge is 2.11. The number of carbonyl (C=O) groups is 1. The zero-order valence-electron chi connectivity index (χ0n) is 13.0. The van der Waals surface area contributed by atoms with Crippen LogP contribution >= 0.6 is 0 Å². The molecule has 2 rings (SSSR count). The lowest BCUT2D eigenvalue weighted by Gasteiger charge is -2.15. The lowest BCUT2D eigenvalue weighted by atomic mass is 10.1. The van der Waals surface area contributed by atoms with E-state index in [-0.39, 0.29) is 11.7 Å². The van der Waals surface area contributed by atoms with Gasteiger partial charge in [-0.15, -0.1) is 0 Å². The van der Waals surface area contributed by atoms with Crippen LogP contribution in [0.1, 0.15) is 31.4 Å². The predicted octanol–water partition coefficient (Wildman–Crippen LogP) is 4.18.